The summed E-state index contributed by atoms with van der Waals surface area (Å²) in [6.45, 7) is 5.28. The minimum Gasteiger partial charge on any atom is -0.342 e. The van der Waals surface area contributed by atoms with Gasteiger partial charge in [-0.1, -0.05) is 12.8 Å². The first-order chi connectivity index (χ1) is 8.77. The summed E-state index contributed by atoms with van der Waals surface area (Å²) in [5.41, 5.74) is 1.31. The van der Waals surface area contributed by atoms with Gasteiger partial charge in [-0.05, 0) is 36.8 Å². The summed E-state index contributed by atoms with van der Waals surface area (Å²) in [7, 11) is 0. The minimum absolute atomic E-state index is 0.256. The van der Waals surface area contributed by atoms with Crippen LogP contribution in [0.3, 0.4) is 0 Å². The average Bonchev–Trinajstić information content (AvgIpc) is 2.64. The van der Waals surface area contributed by atoms with Gasteiger partial charge < -0.3 is 10.2 Å². The van der Waals surface area contributed by atoms with Crippen molar-refractivity contribution in [2.24, 2.45) is 0 Å². The highest BCUT2D eigenvalue weighted by atomic mass is 32.1. The van der Waals surface area contributed by atoms with Crippen LogP contribution in [-0.2, 0) is 11.3 Å². The molecule has 1 aliphatic heterocycles. The van der Waals surface area contributed by atoms with E-state index in [0.29, 0.717) is 6.54 Å². The maximum atomic E-state index is 12.0. The molecule has 3 nitrogen and oxygen atoms in total. The van der Waals surface area contributed by atoms with Gasteiger partial charge in [0.1, 0.15) is 0 Å². The Morgan fingerprint density at radius 2 is 2.06 bits per heavy atom. The van der Waals surface area contributed by atoms with Gasteiger partial charge in [0, 0.05) is 24.5 Å². The van der Waals surface area contributed by atoms with Crippen molar-refractivity contribution in [1.82, 2.24) is 10.2 Å². The molecule has 0 radical (unpaired) electrons. The Morgan fingerprint density at radius 1 is 1.33 bits per heavy atom. The van der Waals surface area contributed by atoms with Crippen molar-refractivity contribution in [3.8, 4) is 0 Å². The number of thiophene rings is 1. The van der Waals surface area contributed by atoms with Crippen molar-refractivity contribution in [2.45, 2.75) is 39.2 Å². The summed E-state index contributed by atoms with van der Waals surface area (Å²) in [5, 5.41) is 5.37. The molecule has 18 heavy (non-hydrogen) atoms. The third-order valence-electron chi connectivity index (χ3n) is 3.49. The maximum absolute atomic E-state index is 12.0. The molecule has 1 saturated heterocycles. The summed E-state index contributed by atoms with van der Waals surface area (Å²) in [6, 6.07) is 2.12. The van der Waals surface area contributed by atoms with Crippen LogP contribution in [0.25, 0.3) is 0 Å². The summed E-state index contributed by atoms with van der Waals surface area (Å²) >= 11 is 1.75. The van der Waals surface area contributed by atoms with Crippen LogP contribution in [-0.4, -0.2) is 30.4 Å². The largest absolute Gasteiger partial charge is 0.342 e. The molecule has 1 aromatic rings. The Labute approximate surface area is 113 Å². The number of aryl methyl sites for hydroxylation is 1. The van der Waals surface area contributed by atoms with Gasteiger partial charge in [-0.15, -0.1) is 11.3 Å². The standard InChI is InChI=1S/C14H22N2OS/c1-12-6-9-18-13(12)10-15-11-14(17)16-7-4-2-3-5-8-16/h6,9,15H,2-5,7-8,10-11H2,1H3. The van der Waals surface area contributed by atoms with Crippen LogP contribution in [0.5, 0.6) is 0 Å². The Balaban J connectivity index is 1.72. The lowest BCUT2D eigenvalue weighted by Crippen LogP contribution is -2.38. The third-order valence-corrected chi connectivity index (χ3v) is 4.51. The van der Waals surface area contributed by atoms with E-state index in [1.165, 1.54) is 23.3 Å². The molecular weight excluding hydrogens is 244 g/mol. The van der Waals surface area contributed by atoms with Gasteiger partial charge in [0.25, 0.3) is 0 Å². The third kappa shape index (κ3) is 3.82. The topological polar surface area (TPSA) is 32.3 Å². The Bertz CT molecular complexity index is 381. The van der Waals surface area contributed by atoms with Crippen molar-refractivity contribution >= 4 is 17.2 Å². The molecule has 0 atom stereocenters. The predicted molar refractivity (Wildman–Crippen MR) is 75.8 cm³/mol. The van der Waals surface area contributed by atoms with Gasteiger partial charge in [0.05, 0.1) is 6.54 Å². The lowest BCUT2D eigenvalue weighted by molar-refractivity contribution is -0.130. The van der Waals surface area contributed by atoms with Gasteiger partial charge in [0.15, 0.2) is 0 Å². The van der Waals surface area contributed by atoms with Crippen molar-refractivity contribution in [3.05, 3.63) is 21.9 Å². The van der Waals surface area contributed by atoms with E-state index >= 15 is 0 Å². The van der Waals surface area contributed by atoms with Crippen molar-refractivity contribution in [1.29, 1.82) is 0 Å². The SMILES string of the molecule is Cc1ccsc1CNCC(=O)N1CCCCCC1. The van der Waals surface area contributed by atoms with E-state index in [2.05, 4.69) is 23.7 Å². The summed E-state index contributed by atoms with van der Waals surface area (Å²) in [4.78, 5) is 15.4. The number of hydrogen-bond acceptors (Lipinski definition) is 3. The summed E-state index contributed by atoms with van der Waals surface area (Å²) in [5.74, 6) is 0.256. The smallest absolute Gasteiger partial charge is 0.236 e. The lowest BCUT2D eigenvalue weighted by Gasteiger charge is -2.20. The molecule has 4 heteroatoms. The number of amides is 1. The number of carbonyl (C=O) groups excluding carboxylic acids is 1. The molecule has 2 rings (SSSR count). The van der Waals surface area contributed by atoms with Gasteiger partial charge in [-0.2, -0.15) is 0 Å². The van der Waals surface area contributed by atoms with Gasteiger partial charge >= 0.3 is 0 Å². The zero-order valence-electron chi connectivity index (χ0n) is 11.1. The van der Waals surface area contributed by atoms with Crippen molar-refractivity contribution in [2.75, 3.05) is 19.6 Å². The highest BCUT2D eigenvalue weighted by Gasteiger charge is 2.14. The zero-order chi connectivity index (χ0) is 12.8. The molecule has 0 aliphatic carbocycles. The van der Waals surface area contributed by atoms with Crippen LogP contribution in [0.2, 0.25) is 0 Å². The molecule has 0 spiro atoms. The van der Waals surface area contributed by atoms with E-state index in [0.717, 1.165) is 32.5 Å². The molecule has 0 aromatic carbocycles. The van der Waals surface area contributed by atoms with E-state index in [4.69, 9.17) is 0 Å². The van der Waals surface area contributed by atoms with Crippen molar-refractivity contribution < 1.29 is 4.79 Å². The average molecular weight is 266 g/mol. The first kappa shape index (κ1) is 13.6. The highest BCUT2D eigenvalue weighted by molar-refractivity contribution is 7.10. The summed E-state index contributed by atoms with van der Waals surface area (Å²) in [6.07, 6.45) is 4.86. The first-order valence-electron chi connectivity index (χ1n) is 6.79. The molecular formula is C14H22N2OS. The van der Waals surface area contributed by atoms with Crippen LogP contribution < -0.4 is 5.32 Å². The predicted octanol–water partition coefficient (Wildman–Crippen LogP) is 2.55. The van der Waals surface area contributed by atoms with Crippen LogP contribution >= 0.6 is 11.3 Å². The number of carbonyl (C=O) groups is 1. The highest BCUT2D eigenvalue weighted by Crippen LogP contribution is 2.14. The van der Waals surface area contributed by atoms with Gasteiger partial charge in [-0.3, -0.25) is 4.79 Å². The van der Waals surface area contributed by atoms with Gasteiger partial charge in [0.2, 0.25) is 5.91 Å². The number of likely N-dealkylation sites (tertiary alicyclic amines) is 1. The number of hydrogen-bond donors (Lipinski definition) is 1. The Hall–Kier alpha value is -0.870. The maximum Gasteiger partial charge on any atom is 0.236 e. The fraction of sp³-hybridized carbons (Fsp3) is 0.643. The second-order valence-electron chi connectivity index (χ2n) is 4.93. The van der Waals surface area contributed by atoms with E-state index in [-0.39, 0.29) is 5.91 Å². The molecule has 1 aliphatic rings. The lowest BCUT2D eigenvalue weighted by atomic mass is 10.2. The fourth-order valence-electron chi connectivity index (χ4n) is 2.30. The van der Waals surface area contributed by atoms with E-state index < -0.39 is 0 Å². The molecule has 1 amide bonds. The molecule has 100 valence electrons. The second kappa shape index (κ2) is 6.90. The van der Waals surface area contributed by atoms with E-state index in [1.807, 2.05) is 4.90 Å². The Kier molecular flexibility index (Phi) is 5.20. The first-order valence-corrected chi connectivity index (χ1v) is 7.67. The molecule has 2 heterocycles. The quantitative estimate of drug-likeness (QED) is 0.908. The number of nitrogens with one attached hydrogen (secondary N) is 1. The molecule has 1 N–H and O–H groups in total. The molecule has 1 aromatic heterocycles. The minimum atomic E-state index is 0.256. The molecule has 0 saturated carbocycles. The van der Waals surface area contributed by atoms with E-state index in [9.17, 15) is 4.79 Å². The number of nitrogens with zero attached hydrogens (tertiary/aromatic N) is 1. The second-order valence-corrected chi connectivity index (χ2v) is 5.93. The van der Waals surface area contributed by atoms with Gasteiger partial charge in [-0.25, -0.2) is 0 Å². The van der Waals surface area contributed by atoms with Crippen molar-refractivity contribution in [3.63, 3.8) is 0 Å². The van der Waals surface area contributed by atoms with E-state index in [1.54, 1.807) is 11.3 Å². The normalized spacial score (nSPS) is 16.6. The fourth-order valence-corrected chi connectivity index (χ4v) is 3.18. The zero-order valence-corrected chi connectivity index (χ0v) is 11.9. The summed E-state index contributed by atoms with van der Waals surface area (Å²) < 4.78 is 0. The molecule has 0 unspecified atom stereocenters. The van der Waals surface area contributed by atoms with Crippen LogP contribution in [0.4, 0.5) is 0 Å². The molecule has 1 fully saturated rings. The van der Waals surface area contributed by atoms with Crippen LogP contribution in [0, 0.1) is 6.92 Å². The molecule has 0 bridgehead atoms. The van der Waals surface area contributed by atoms with Crippen LogP contribution in [0.1, 0.15) is 36.1 Å². The van der Waals surface area contributed by atoms with Crippen LogP contribution in [0.15, 0.2) is 11.4 Å². The number of rotatable bonds is 4. The monoisotopic (exact) mass is 266 g/mol. The Morgan fingerprint density at radius 3 is 2.67 bits per heavy atom.